The second kappa shape index (κ2) is 10.5. The molecule has 2 aliphatic rings. The van der Waals surface area contributed by atoms with E-state index in [1.807, 2.05) is 55.5 Å². The molecule has 1 saturated carbocycles. The molecule has 1 aliphatic heterocycles. The van der Waals surface area contributed by atoms with Crippen LogP contribution in [0.4, 0.5) is 0 Å². The van der Waals surface area contributed by atoms with Crippen LogP contribution >= 0.6 is 11.6 Å². The average Bonchev–Trinajstić information content (AvgIpc) is 3.26. The lowest BCUT2D eigenvalue weighted by molar-refractivity contribution is -0.134. The maximum Gasteiger partial charge on any atom is 0.257 e. The van der Waals surface area contributed by atoms with Gasteiger partial charge in [-0.2, -0.15) is 5.10 Å². The topological polar surface area (TPSA) is 45.1 Å². The molecule has 1 atom stereocenters. The Balaban J connectivity index is 1.57. The van der Waals surface area contributed by atoms with Gasteiger partial charge in [-0.25, -0.2) is 5.01 Å². The molecular formula is C26H32ClN3O2. The van der Waals surface area contributed by atoms with Gasteiger partial charge in [0.1, 0.15) is 5.75 Å². The van der Waals surface area contributed by atoms with Crippen molar-refractivity contribution in [3.63, 3.8) is 0 Å². The fourth-order valence-corrected chi connectivity index (χ4v) is 4.99. The molecule has 4 rings (SSSR count). The zero-order chi connectivity index (χ0) is 22.5. The summed E-state index contributed by atoms with van der Waals surface area (Å²) in [5, 5.41) is 7.12. The van der Waals surface area contributed by atoms with Gasteiger partial charge >= 0.3 is 0 Å². The van der Waals surface area contributed by atoms with Gasteiger partial charge in [0.15, 0.2) is 0 Å². The van der Waals surface area contributed by atoms with Gasteiger partial charge in [-0.3, -0.25) is 9.69 Å². The molecule has 1 aliphatic carbocycles. The van der Waals surface area contributed by atoms with Crippen LogP contribution in [-0.4, -0.2) is 47.8 Å². The third-order valence-electron chi connectivity index (χ3n) is 6.51. The number of hydrogen-bond acceptors (Lipinski definition) is 4. The summed E-state index contributed by atoms with van der Waals surface area (Å²) < 4.78 is 5.59. The molecule has 0 unspecified atom stereocenters. The Morgan fingerprint density at radius 1 is 1.12 bits per heavy atom. The highest BCUT2D eigenvalue weighted by atomic mass is 35.5. The molecule has 2 aromatic rings. The van der Waals surface area contributed by atoms with Crippen molar-refractivity contribution in [1.29, 1.82) is 0 Å². The maximum atomic E-state index is 13.4. The first kappa shape index (κ1) is 22.8. The molecular weight excluding hydrogens is 422 g/mol. The molecule has 5 nitrogen and oxygen atoms in total. The molecule has 0 bridgehead atoms. The van der Waals surface area contributed by atoms with Crippen molar-refractivity contribution in [1.82, 2.24) is 9.91 Å². The number of halogens is 1. The number of rotatable bonds is 7. The number of ether oxygens (including phenoxy) is 1. The standard InChI is InChI=1S/C26H32ClN3O2/c1-3-32-21-15-13-19(14-16-21)25-17-24(22-11-7-8-12-23(22)27)28-30(25)26(31)18-29(2)20-9-5-4-6-10-20/h7-8,11-16,20,25H,3-6,9-10,17-18H2,1-2H3/t25-/m1/s1. The summed E-state index contributed by atoms with van der Waals surface area (Å²) >= 11 is 6.46. The molecule has 1 amide bonds. The highest BCUT2D eigenvalue weighted by Crippen LogP contribution is 2.35. The first-order valence-electron chi connectivity index (χ1n) is 11.6. The molecule has 0 radical (unpaired) electrons. The predicted octanol–water partition coefficient (Wildman–Crippen LogP) is 5.68. The average molecular weight is 454 g/mol. The van der Waals surface area contributed by atoms with E-state index in [2.05, 4.69) is 11.9 Å². The van der Waals surface area contributed by atoms with Crippen molar-refractivity contribution in [2.45, 2.75) is 57.5 Å². The fraction of sp³-hybridized carbons (Fsp3) is 0.462. The molecule has 32 heavy (non-hydrogen) atoms. The van der Waals surface area contributed by atoms with Crippen LogP contribution in [0.3, 0.4) is 0 Å². The van der Waals surface area contributed by atoms with Crippen molar-refractivity contribution in [2.24, 2.45) is 5.10 Å². The summed E-state index contributed by atoms with van der Waals surface area (Å²) in [5.74, 6) is 0.857. The second-order valence-corrected chi connectivity index (χ2v) is 9.10. The number of carbonyl (C=O) groups is 1. The summed E-state index contributed by atoms with van der Waals surface area (Å²) in [6, 6.07) is 16.0. The minimum absolute atomic E-state index is 0.0269. The lowest BCUT2D eigenvalue weighted by atomic mass is 9.94. The van der Waals surface area contributed by atoms with Crippen molar-refractivity contribution >= 4 is 23.2 Å². The largest absolute Gasteiger partial charge is 0.494 e. The van der Waals surface area contributed by atoms with Crippen LogP contribution in [-0.2, 0) is 4.79 Å². The van der Waals surface area contributed by atoms with Gasteiger partial charge in [-0.15, -0.1) is 0 Å². The number of benzene rings is 2. The summed E-state index contributed by atoms with van der Waals surface area (Å²) in [7, 11) is 2.06. The highest BCUT2D eigenvalue weighted by molar-refractivity contribution is 6.34. The molecule has 0 spiro atoms. The van der Waals surface area contributed by atoms with Crippen LogP contribution in [0.5, 0.6) is 5.75 Å². The van der Waals surface area contributed by atoms with Crippen LogP contribution in [0, 0.1) is 0 Å². The molecule has 0 saturated heterocycles. The number of carbonyl (C=O) groups excluding carboxylic acids is 1. The molecule has 1 heterocycles. The summed E-state index contributed by atoms with van der Waals surface area (Å²) in [6.45, 7) is 2.97. The zero-order valence-corrected chi connectivity index (χ0v) is 19.7. The number of amides is 1. The minimum Gasteiger partial charge on any atom is -0.494 e. The Kier molecular flexibility index (Phi) is 7.48. The van der Waals surface area contributed by atoms with Crippen LogP contribution in [0.1, 0.15) is 62.6 Å². The number of likely N-dealkylation sites (N-methyl/N-ethyl adjacent to an activating group) is 1. The predicted molar refractivity (Wildman–Crippen MR) is 129 cm³/mol. The van der Waals surface area contributed by atoms with E-state index in [1.54, 1.807) is 5.01 Å². The minimum atomic E-state index is -0.149. The SMILES string of the molecule is CCOc1ccc([C@H]2CC(c3ccccc3Cl)=NN2C(=O)CN(C)C2CCCCC2)cc1. The van der Waals surface area contributed by atoms with E-state index < -0.39 is 0 Å². The quantitative estimate of drug-likeness (QED) is 0.541. The van der Waals surface area contributed by atoms with E-state index in [9.17, 15) is 4.79 Å². The van der Waals surface area contributed by atoms with Crippen molar-refractivity contribution in [3.05, 3.63) is 64.7 Å². The Morgan fingerprint density at radius 3 is 2.53 bits per heavy atom. The van der Waals surface area contributed by atoms with Gasteiger partial charge in [0.05, 0.1) is 24.9 Å². The number of hydrazone groups is 1. The van der Waals surface area contributed by atoms with Crippen molar-refractivity contribution in [3.8, 4) is 5.75 Å². The third kappa shape index (κ3) is 5.16. The van der Waals surface area contributed by atoms with E-state index in [1.165, 1.54) is 32.1 Å². The van der Waals surface area contributed by atoms with Crippen LogP contribution in [0.2, 0.25) is 5.02 Å². The van der Waals surface area contributed by atoms with Crippen molar-refractivity contribution in [2.75, 3.05) is 20.2 Å². The Labute approximate surface area is 196 Å². The molecule has 0 aromatic heterocycles. The Hall–Kier alpha value is -2.37. The normalized spacial score (nSPS) is 19.3. The number of nitrogens with zero attached hydrogens (tertiary/aromatic N) is 3. The summed E-state index contributed by atoms with van der Waals surface area (Å²) in [4.78, 5) is 15.6. The van der Waals surface area contributed by atoms with E-state index in [0.717, 1.165) is 22.6 Å². The summed E-state index contributed by atoms with van der Waals surface area (Å²) in [5.41, 5.74) is 2.79. The van der Waals surface area contributed by atoms with E-state index in [0.29, 0.717) is 30.6 Å². The Bertz CT molecular complexity index is 954. The van der Waals surface area contributed by atoms with E-state index in [4.69, 9.17) is 21.4 Å². The van der Waals surface area contributed by atoms with Crippen LogP contribution < -0.4 is 4.74 Å². The first-order valence-corrected chi connectivity index (χ1v) is 12.0. The van der Waals surface area contributed by atoms with Crippen LogP contribution in [0.25, 0.3) is 0 Å². The van der Waals surface area contributed by atoms with Crippen molar-refractivity contribution < 1.29 is 9.53 Å². The monoisotopic (exact) mass is 453 g/mol. The summed E-state index contributed by atoms with van der Waals surface area (Å²) in [6.07, 6.45) is 6.76. The van der Waals surface area contributed by atoms with Gasteiger partial charge in [-0.05, 0) is 50.6 Å². The molecule has 6 heteroatoms. The third-order valence-corrected chi connectivity index (χ3v) is 6.84. The second-order valence-electron chi connectivity index (χ2n) is 8.69. The van der Waals surface area contributed by atoms with Gasteiger partial charge in [-0.1, -0.05) is 61.2 Å². The van der Waals surface area contributed by atoms with Gasteiger partial charge in [0, 0.05) is 23.0 Å². The smallest absolute Gasteiger partial charge is 0.257 e. The lowest BCUT2D eigenvalue weighted by Gasteiger charge is -2.32. The van der Waals surface area contributed by atoms with Crippen LogP contribution in [0.15, 0.2) is 53.6 Å². The highest BCUT2D eigenvalue weighted by Gasteiger charge is 2.34. The molecule has 1 fully saturated rings. The van der Waals surface area contributed by atoms with Gasteiger partial charge in [0.2, 0.25) is 0 Å². The zero-order valence-electron chi connectivity index (χ0n) is 19.0. The molecule has 0 N–H and O–H groups in total. The number of hydrogen-bond donors (Lipinski definition) is 0. The van der Waals surface area contributed by atoms with E-state index >= 15 is 0 Å². The van der Waals surface area contributed by atoms with E-state index in [-0.39, 0.29) is 11.9 Å². The first-order chi connectivity index (χ1) is 15.6. The fourth-order valence-electron chi connectivity index (χ4n) is 4.75. The van der Waals surface area contributed by atoms with Gasteiger partial charge in [0.25, 0.3) is 5.91 Å². The lowest BCUT2D eigenvalue weighted by Crippen LogP contribution is -2.41. The molecule has 170 valence electrons. The van der Waals surface area contributed by atoms with Gasteiger partial charge < -0.3 is 4.74 Å². The Morgan fingerprint density at radius 2 is 1.84 bits per heavy atom. The molecule has 2 aromatic carbocycles. The maximum absolute atomic E-state index is 13.4.